The van der Waals surface area contributed by atoms with Crippen LogP contribution in [0.4, 0.5) is 11.4 Å². The molecule has 116 valence electrons. The average molecular weight is 290 g/mol. The number of amides is 1. The molecule has 1 aromatic carbocycles. The summed E-state index contributed by atoms with van der Waals surface area (Å²) in [5, 5.41) is 2.88. The maximum absolute atomic E-state index is 12.3. The topological polar surface area (TPSA) is 61.6 Å². The van der Waals surface area contributed by atoms with Crippen molar-refractivity contribution in [2.45, 2.75) is 32.9 Å². The van der Waals surface area contributed by atoms with E-state index >= 15 is 0 Å². The number of nitrogens with one attached hydrogen (secondary N) is 1. The largest absolute Gasteiger partial charge is 0.399 e. The monoisotopic (exact) mass is 290 g/mol. The molecule has 0 bridgehead atoms. The maximum Gasteiger partial charge on any atom is 0.253 e. The van der Waals surface area contributed by atoms with Crippen LogP contribution in [0.2, 0.25) is 0 Å². The Bertz CT molecular complexity index is 505. The van der Waals surface area contributed by atoms with Gasteiger partial charge in [0, 0.05) is 37.4 Å². The van der Waals surface area contributed by atoms with Gasteiger partial charge in [-0.15, -0.1) is 0 Å². The number of carbonyl (C=O) groups is 1. The fourth-order valence-corrected chi connectivity index (χ4v) is 2.86. The molecule has 1 aliphatic heterocycles. The molecular formula is C16H26N4O. The number of hydrogen-bond donors (Lipinski definition) is 2. The predicted molar refractivity (Wildman–Crippen MR) is 87.8 cm³/mol. The number of nitrogens with zero attached hydrogens (tertiary/aromatic N) is 2. The van der Waals surface area contributed by atoms with Gasteiger partial charge in [0.1, 0.15) is 0 Å². The summed E-state index contributed by atoms with van der Waals surface area (Å²) in [7, 11) is 2.15. The Hall–Kier alpha value is -1.75. The van der Waals surface area contributed by atoms with E-state index in [0.29, 0.717) is 29.9 Å². The minimum Gasteiger partial charge on any atom is -0.399 e. The number of piperazine rings is 1. The van der Waals surface area contributed by atoms with E-state index < -0.39 is 0 Å². The first-order valence-corrected chi connectivity index (χ1v) is 7.58. The van der Waals surface area contributed by atoms with Crippen molar-refractivity contribution < 1.29 is 4.79 Å². The van der Waals surface area contributed by atoms with Crippen LogP contribution in [-0.2, 0) is 0 Å². The third-order valence-electron chi connectivity index (χ3n) is 4.30. The van der Waals surface area contributed by atoms with Crippen molar-refractivity contribution in [3.8, 4) is 0 Å². The molecule has 1 fully saturated rings. The number of rotatable bonds is 3. The van der Waals surface area contributed by atoms with Crippen LogP contribution < -0.4 is 16.0 Å². The van der Waals surface area contributed by atoms with Gasteiger partial charge < -0.3 is 16.0 Å². The van der Waals surface area contributed by atoms with Gasteiger partial charge in [-0.25, -0.2) is 0 Å². The fraction of sp³-hybridized carbons (Fsp3) is 0.562. The Morgan fingerprint density at radius 3 is 2.52 bits per heavy atom. The summed E-state index contributed by atoms with van der Waals surface area (Å²) < 4.78 is 0. The lowest BCUT2D eigenvalue weighted by molar-refractivity contribution is 0.0955. The number of nitrogen functional groups attached to an aromatic ring is 1. The number of nitrogens with two attached hydrogens (primary N) is 1. The first kappa shape index (κ1) is 15.6. The van der Waals surface area contributed by atoms with Crippen molar-refractivity contribution in [3.63, 3.8) is 0 Å². The van der Waals surface area contributed by atoms with E-state index in [1.807, 2.05) is 19.1 Å². The van der Waals surface area contributed by atoms with Gasteiger partial charge in [-0.2, -0.15) is 0 Å². The molecule has 3 N–H and O–H groups in total. The normalized spacial score (nSPS) is 23.1. The van der Waals surface area contributed by atoms with E-state index in [9.17, 15) is 4.79 Å². The molecule has 0 radical (unpaired) electrons. The van der Waals surface area contributed by atoms with Crippen LogP contribution in [0.25, 0.3) is 0 Å². The summed E-state index contributed by atoms with van der Waals surface area (Å²) in [6, 6.07) is 6.41. The van der Waals surface area contributed by atoms with Crippen molar-refractivity contribution in [2.24, 2.45) is 0 Å². The van der Waals surface area contributed by atoms with E-state index in [1.165, 1.54) is 0 Å². The van der Waals surface area contributed by atoms with E-state index in [1.54, 1.807) is 6.07 Å². The van der Waals surface area contributed by atoms with Gasteiger partial charge in [-0.3, -0.25) is 9.69 Å². The molecule has 0 saturated carbocycles. The predicted octanol–water partition coefficient (Wildman–Crippen LogP) is 1.55. The smallest absolute Gasteiger partial charge is 0.253 e. The molecule has 0 aliphatic carbocycles. The van der Waals surface area contributed by atoms with E-state index in [2.05, 4.69) is 36.0 Å². The summed E-state index contributed by atoms with van der Waals surface area (Å²) in [6.07, 6.45) is 0. The summed E-state index contributed by atoms with van der Waals surface area (Å²) in [4.78, 5) is 16.9. The number of likely N-dealkylation sites (N-methyl/N-ethyl adjacent to an activating group) is 1. The van der Waals surface area contributed by atoms with Gasteiger partial charge in [0.2, 0.25) is 0 Å². The van der Waals surface area contributed by atoms with Gasteiger partial charge in [0.05, 0.1) is 11.3 Å². The summed E-state index contributed by atoms with van der Waals surface area (Å²) >= 11 is 0. The zero-order valence-electron chi connectivity index (χ0n) is 13.4. The second kappa shape index (κ2) is 6.35. The van der Waals surface area contributed by atoms with Crippen molar-refractivity contribution in [1.29, 1.82) is 0 Å². The molecule has 1 saturated heterocycles. The first-order chi connectivity index (χ1) is 9.93. The Morgan fingerprint density at radius 1 is 1.33 bits per heavy atom. The zero-order chi connectivity index (χ0) is 15.6. The van der Waals surface area contributed by atoms with Gasteiger partial charge in [-0.05, 0) is 46.0 Å². The highest BCUT2D eigenvalue weighted by atomic mass is 16.1. The van der Waals surface area contributed by atoms with Crippen LogP contribution in [0.15, 0.2) is 18.2 Å². The Labute approximate surface area is 127 Å². The summed E-state index contributed by atoms with van der Waals surface area (Å²) in [5.41, 5.74) is 8.27. The number of anilines is 2. The molecule has 1 aromatic rings. The highest BCUT2D eigenvalue weighted by Crippen LogP contribution is 2.27. The van der Waals surface area contributed by atoms with Crippen molar-refractivity contribution in [3.05, 3.63) is 23.8 Å². The molecular weight excluding hydrogens is 264 g/mol. The van der Waals surface area contributed by atoms with E-state index in [4.69, 9.17) is 5.73 Å². The molecule has 1 aliphatic rings. The lowest BCUT2D eigenvalue weighted by Crippen LogP contribution is -2.55. The first-order valence-electron chi connectivity index (χ1n) is 7.58. The average Bonchev–Trinajstić information content (AvgIpc) is 2.44. The maximum atomic E-state index is 12.3. The molecule has 1 amide bonds. The lowest BCUT2D eigenvalue weighted by atomic mass is 10.0. The Balaban J connectivity index is 2.33. The van der Waals surface area contributed by atoms with Gasteiger partial charge >= 0.3 is 0 Å². The molecule has 1 heterocycles. The molecule has 5 nitrogen and oxygen atoms in total. The fourth-order valence-electron chi connectivity index (χ4n) is 2.86. The lowest BCUT2D eigenvalue weighted by Gasteiger charge is -2.44. The molecule has 21 heavy (non-hydrogen) atoms. The third-order valence-corrected chi connectivity index (χ3v) is 4.30. The molecule has 2 rings (SSSR count). The zero-order valence-corrected chi connectivity index (χ0v) is 13.4. The SMILES string of the molecule is CCNC(=O)c1ccc(N)cc1N1CC(C)N(C)C(C)C1. The van der Waals surface area contributed by atoms with E-state index in [0.717, 1.165) is 18.8 Å². The van der Waals surface area contributed by atoms with Gasteiger partial charge in [0.15, 0.2) is 0 Å². The van der Waals surface area contributed by atoms with Crippen molar-refractivity contribution >= 4 is 17.3 Å². The van der Waals surface area contributed by atoms with Crippen LogP contribution in [0, 0.1) is 0 Å². The summed E-state index contributed by atoms with van der Waals surface area (Å²) in [6.45, 7) is 8.77. The van der Waals surface area contributed by atoms with Crippen molar-refractivity contribution in [2.75, 3.05) is 37.3 Å². The van der Waals surface area contributed by atoms with E-state index in [-0.39, 0.29) is 5.91 Å². The second-order valence-corrected chi connectivity index (χ2v) is 5.90. The number of hydrogen-bond acceptors (Lipinski definition) is 4. The number of benzene rings is 1. The highest BCUT2D eigenvalue weighted by molar-refractivity contribution is 6.00. The molecule has 0 aromatic heterocycles. The number of carbonyl (C=O) groups excluding carboxylic acids is 1. The van der Waals surface area contributed by atoms with Gasteiger partial charge in [-0.1, -0.05) is 0 Å². The quantitative estimate of drug-likeness (QED) is 0.829. The molecule has 5 heteroatoms. The van der Waals surface area contributed by atoms with Crippen LogP contribution in [0.3, 0.4) is 0 Å². The Morgan fingerprint density at radius 2 is 1.95 bits per heavy atom. The van der Waals surface area contributed by atoms with Crippen LogP contribution in [-0.4, -0.2) is 49.6 Å². The van der Waals surface area contributed by atoms with Crippen molar-refractivity contribution in [1.82, 2.24) is 10.2 Å². The van der Waals surface area contributed by atoms with Gasteiger partial charge in [0.25, 0.3) is 5.91 Å². The van der Waals surface area contributed by atoms with Crippen LogP contribution in [0.1, 0.15) is 31.1 Å². The minimum absolute atomic E-state index is 0.0354. The summed E-state index contributed by atoms with van der Waals surface area (Å²) in [5.74, 6) is -0.0354. The highest BCUT2D eigenvalue weighted by Gasteiger charge is 2.28. The minimum atomic E-state index is -0.0354. The van der Waals surface area contributed by atoms with Crippen LogP contribution in [0.5, 0.6) is 0 Å². The molecule has 0 spiro atoms. The Kier molecular flexibility index (Phi) is 4.73. The second-order valence-electron chi connectivity index (χ2n) is 5.90. The molecule has 2 unspecified atom stereocenters. The third kappa shape index (κ3) is 3.29. The molecule has 2 atom stereocenters. The standard InChI is InChI=1S/C16H26N4O/c1-5-18-16(21)14-7-6-13(17)8-15(14)20-9-11(2)19(4)12(3)10-20/h6-8,11-12H,5,9-10,17H2,1-4H3,(H,18,21). The van der Waals surface area contributed by atoms with Crippen LogP contribution >= 0.6 is 0 Å².